The predicted molar refractivity (Wildman–Crippen MR) is 63.3 cm³/mol. The van der Waals surface area contributed by atoms with Crippen LogP contribution in [0.3, 0.4) is 0 Å². The van der Waals surface area contributed by atoms with Crippen molar-refractivity contribution in [1.29, 1.82) is 0 Å². The van der Waals surface area contributed by atoms with E-state index in [4.69, 9.17) is 0 Å². The first kappa shape index (κ1) is 8.48. The van der Waals surface area contributed by atoms with Crippen LogP contribution in [0.15, 0.2) is 59.6 Å². The number of allylic oxidation sites excluding steroid dienone is 2. The van der Waals surface area contributed by atoms with Crippen LogP contribution in [-0.4, -0.2) is 18.4 Å². The molecular weight excluding hydrogens is 184 g/mol. The summed E-state index contributed by atoms with van der Waals surface area (Å²) in [6.45, 7) is 0. The van der Waals surface area contributed by atoms with Crippen molar-refractivity contribution in [3.05, 3.63) is 54.6 Å². The van der Waals surface area contributed by atoms with Crippen molar-refractivity contribution in [3.63, 3.8) is 0 Å². The molecule has 1 aliphatic heterocycles. The number of benzene rings is 1. The molecule has 0 radical (unpaired) electrons. The quantitative estimate of drug-likeness (QED) is 0.673. The Bertz CT molecular complexity index is 431. The number of nitrogens with zero attached hydrogens (tertiary/aromatic N) is 2. The lowest BCUT2D eigenvalue weighted by Crippen LogP contribution is -2.34. The topological polar surface area (TPSA) is 15.6 Å². The van der Waals surface area contributed by atoms with E-state index < -0.39 is 0 Å². The minimum atomic E-state index is 0.287. The Morgan fingerprint density at radius 1 is 1.00 bits per heavy atom. The van der Waals surface area contributed by atoms with Crippen molar-refractivity contribution < 1.29 is 0 Å². The van der Waals surface area contributed by atoms with E-state index in [2.05, 4.69) is 58.5 Å². The molecule has 0 saturated heterocycles. The predicted octanol–water partition coefficient (Wildman–Crippen LogP) is 2.40. The lowest BCUT2D eigenvalue weighted by molar-refractivity contribution is 0.740. The zero-order valence-electron chi connectivity index (χ0n) is 8.32. The summed E-state index contributed by atoms with van der Waals surface area (Å²) in [6, 6.07) is 11.0. The lowest BCUT2D eigenvalue weighted by Gasteiger charge is -2.25. The van der Waals surface area contributed by atoms with Gasteiger partial charge in [-0.3, -0.25) is 4.99 Å². The van der Waals surface area contributed by atoms with Gasteiger partial charge in [0.15, 0.2) is 0 Å². The number of para-hydroxylation sites is 1. The molecule has 0 amide bonds. The highest BCUT2D eigenvalue weighted by atomic mass is 15.2. The number of fused-ring (bicyclic) bond motifs is 1. The molecule has 2 heteroatoms. The van der Waals surface area contributed by atoms with Crippen LogP contribution in [0, 0.1) is 0 Å². The number of aliphatic imine (C=N–C) groups is 1. The van der Waals surface area contributed by atoms with E-state index in [1.807, 2.05) is 12.4 Å². The second-order valence-corrected chi connectivity index (χ2v) is 3.76. The SMILES string of the molecule is C1=CC2N=CN(c3ccccc3)C2C=C1. The maximum Gasteiger partial charge on any atom is 0.0943 e. The van der Waals surface area contributed by atoms with Crippen molar-refractivity contribution in [3.8, 4) is 0 Å². The second-order valence-electron chi connectivity index (χ2n) is 3.76. The Balaban J connectivity index is 1.93. The number of hydrogen-bond donors (Lipinski definition) is 0. The average molecular weight is 196 g/mol. The molecule has 0 fully saturated rings. The highest BCUT2D eigenvalue weighted by Gasteiger charge is 2.28. The third-order valence-electron chi connectivity index (χ3n) is 2.82. The van der Waals surface area contributed by atoms with Crippen molar-refractivity contribution in [1.82, 2.24) is 0 Å². The van der Waals surface area contributed by atoms with Crippen LogP contribution in [0.5, 0.6) is 0 Å². The Kier molecular flexibility index (Phi) is 1.91. The first-order chi connectivity index (χ1) is 7.45. The van der Waals surface area contributed by atoms with Gasteiger partial charge < -0.3 is 4.90 Å². The van der Waals surface area contributed by atoms with E-state index in [-0.39, 0.29) is 6.04 Å². The fraction of sp³-hybridized carbons (Fsp3) is 0.154. The standard InChI is InChI=1S/C13H12N2/c1-2-6-11(7-3-1)15-10-14-12-8-4-5-9-13(12)15/h1-10,12-13H. The van der Waals surface area contributed by atoms with E-state index in [1.54, 1.807) is 0 Å². The van der Waals surface area contributed by atoms with Crippen molar-refractivity contribution in [2.75, 3.05) is 4.90 Å². The van der Waals surface area contributed by atoms with Gasteiger partial charge in [0.2, 0.25) is 0 Å². The molecule has 0 bridgehead atoms. The normalized spacial score (nSPS) is 27.1. The van der Waals surface area contributed by atoms with Crippen LogP contribution in [0.4, 0.5) is 5.69 Å². The summed E-state index contributed by atoms with van der Waals surface area (Å²) in [5.74, 6) is 0. The van der Waals surface area contributed by atoms with Gasteiger partial charge in [-0.05, 0) is 12.1 Å². The summed E-state index contributed by atoms with van der Waals surface area (Å²) in [7, 11) is 0. The first-order valence-corrected chi connectivity index (χ1v) is 5.17. The molecule has 2 nitrogen and oxygen atoms in total. The van der Waals surface area contributed by atoms with Gasteiger partial charge in [-0.25, -0.2) is 0 Å². The summed E-state index contributed by atoms with van der Waals surface area (Å²) >= 11 is 0. The zero-order valence-corrected chi connectivity index (χ0v) is 8.32. The highest BCUT2D eigenvalue weighted by Crippen LogP contribution is 2.25. The molecule has 2 atom stereocenters. The summed E-state index contributed by atoms with van der Waals surface area (Å²) in [6.07, 6.45) is 10.4. The molecule has 1 aliphatic carbocycles. The fourth-order valence-electron chi connectivity index (χ4n) is 2.04. The number of anilines is 1. The number of rotatable bonds is 1. The summed E-state index contributed by atoms with van der Waals surface area (Å²) in [4.78, 5) is 6.69. The van der Waals surface area contributed by atoms with Crippen LogP contribution >= 0.6 is 0 Å². The molecule has 0 aromatic heterocycles. The van der Waals surface area contributed by atoms with E-state index in [0.717, 1.165) is 0 Å². The van der Waals surface area contributed by atoms with E-state index in [1.165, 1.54) is 5.69 Å². The Morgan fingerprint density at radius 3 is 2.67 bits per heavy atom. The molecule has 1 heterocycles. The van der Waals surface area contributed by atoms with Gasteiger partial charge in [0.25, 0.3) is 0 Å². The molecule has 1 aromatic carbocycles. The Labute approximate surface area is 89.3 Å². The molecule has 3 rings (SSSR count). The Hall–Kier alpha value is -1.83. The summed E-state index contributed by atoms with van der Waals surface area (Å²) in [5.41, 5.74) is 1.20. The van der Waals surface area contributed by atoms with E-state index >= 15 is 0 Å². The molecule has 0 saturated carbocycles. The zero-order chi connectivity index (χ0) is 10.1. The maximum atomic E-state index is 4.48. The monoisotopic (exact) mass is 196 g/mol. The molecule has 2 aliphatic rings. The van der Waals surface area contributed by atoms with Gasteiger partial charge in [0.1, 0.15) is 0 Å². The van der Waals surface area contributed by atoms with Crippen molar-refractivity contribution >= 4 is 12.0 Å². The van der Waals surface area contributed by atoms with Gasteiger partial charge in [-0.15, -0.1) is 0 Å². The molecule has 74 valence electrons. The smallest absolute Gasteiger partial charge is 0.0943 e. The van der Waals surface area contributed by atoms with Gasteiger partial charge in [0.05, 0.1) is 18.4 Å². The first-order valence-electron chi connectivity index (χ1n) is 5.17. The third kappa shape index (κ3) is 1.38. The van der Waals surface area contributed by atoms with Gasteiger partial charge >= 0.3 is 0 Å². The van der Waals surface area contributed by atoms with Gasteiger partial charge in [-0.2, -0.15) is 0 Å². The van der Waals surface area contributed by atoms with Crippen molar-refractivity contribution in [2.24, 2.45) is 4.99 Å². The number of hydrogen-bond acceptors (Lipinski definition) is 2. The van der Waals surface area contributed by atoms with Crippen LogP contribution in [-0.2, 0) is 0 Å². The van der Waals surface area contributed by atoms with Crippen LogP contribution in [0.1, 0.15) is 0 Å². The average Bonchev–Trinajstić information content (AvgIpc) is 2.74. The van der Waals surface area contributed by atoms with Gasteiger partial charge in [-0.1, -0.05) is 42.5 Å². The maximum absolute atomic E-state index is 4.48. The lowest BCUT2D eigenvalue weighted by atomic mass is 10.0. The Morgan fingerprint density at radius 2 is 1.80 bits per heavy atom. The summed E-state index contributed by atoms with van der Waals surface area (Å²) < 4.78 is 0. The summed E-state index contributed by atoms with van der Waals surface area (Å²) in [5, 5.41) is 0. The van der Waals surface area contributed by atoms with Crippen LogP contribution in [0.2, 0.25) is 0 Å². The minimum absolute atomic E-state index is 0.287. The molecular formula is C13H12N2. The molecule has 0 N–H and O–H groups in total. The van der Waals surface area contributed by atoms with E-state index in [0.29, 0.717) is 6.04 Å². The van der Waals surface area contributed by atoms with Gasteiger partial charge in [0, 0.05) is 5.69 Å². The minimum Gasteiger partial charge on any atom is -0.323 e. The third-order valence-corrected chi connectivity index (χ3v) is 2.82. The molecule has 0 spiro atoms. The highest BCUT2D eigenvalue weighted by molar-refractivity contribution is 5.83. The molecule has 1 aromatic rings. The molecule has 2 unspecified atom stereocenters. The second kappa shape index (κ2) is 3.39. The van der Waals surface area contributed by atoms with Crippen molar-refractivity contribution in [2.45, 2.75) is 12.1 Å². The van der Waals surface area contributed by atoms with Crippen LogP contribution in [0.25, 0.3) is 0 Å². The van der Waals surface area contributed by atoms with E-state index in [9.17, 15) is 0 Å². The van der Waals surface area contributed by atoms with Crippen LogP contribution < -0.4 is 4.90 Å². The fourth-order valence-corrected chi connectivity index (χ4v) is 2.04. The largest absolute Gasteiger partial charge is 0.323 e. The molecule has 15 heavy (non-hydrogen) atoms.